The Balaban J connectivity index is 1.55. The lowest BCUT2D eigenvalue weighted by Crippen LogP contribution is -2.45. The fourth-order valence-corrected chi connectivity index (χ4v) is 5.88. The molecule has 1 N–H and O–H groups in total. The number of aryl methyl sites for hydroxylation is 2. The third-order valence-electron chi connectivity index (χ3n) is 6.56. The van der Waals surface area contributed by atoms with Gasteiger partial charge < -0.3 is 5.32 Å². The predicted molar refractivity (Wildman–Crippen MR) is 109 cm³/mol. The van der Waals surface area contributed by atoms with E-state index in [0.717, 1.165) is 42.3 Å². The molecule has 1 amide bonds. The number of aromatic nitrogens is 2. The van der Waals surface area contributed by atoms with E-state index in [-0.39, 0.29) is 24.1 Å². The van der Waals surface area contributed by atoms with Crippen molar-refractivity contribution in [1.82, 2.24) is 14.9 Å². The van der Waals surface area contributed by atoms with Crippen molar-refractivity contribution in [3.8, 4) is 0 Å². The first-order valence-electron chi connectivity index (χ1n) is 10.3. The molecule has 2 aromatic heterocycles. The van der Waals surface area contributed by atoms with Crippen LogP contribution in [-0.2, 0) is 24.2 Å². The number of carbonyl (C=O) groups excluding carboxylic acids is 1. The molecule has 0 aliphatic heterocycles. The fourth-order valence-electron chi connectivity index (χ4n) is 4.66. The van der Waals surface area contributed by atoms with Crippen LogP contribution in [0.3, 0.4) is 0 Å². The quantitative estimate of drug-likeness (QED) is 0.818. The summed E-state index contributed by atoms with van der Waals surface area (Å²) in [5, 5.41) is 3.92. The van der Waals surface area contributed by atoms with Crippen LogP contribution in [0.15, 0.2) is 11.1 Å². The lowest BCUT2D eigenvalue weighted by molar-refractivity contribution is -0.123. The maximum absolute atomic E-state index is 13.1. The van der Waals surface area contributed by atoms with Gasteiger partial charge in [0.2, 0.25) is 5.91 Å². The van der Waals surface area contributed by atoms with Gasteiger partial charge in [-0.2, -0.15) is 0 Å². The summed E-state index contributed by atoms with van der Waals surface area (Å²) in [6.45, 7) is 4.53. The zero-order valence-corrected chi connectivity index (χ0v) is 17.1. The maximum atomic E-state index is 13.1. The molecule has 6 heteroatoms. The highest BCUT2D eigenvalue weighted by atomic mass is 32.1. The summed E-state index contributed by atoms with van der Waals surface area (Å²) in [5.41, 5.74) is 1.13. The van der Waals surface area contributed by atoms with Crippen molar-refractivity contribution in [2.75, 3.05) is 0 Å². The maximum Gasteiger partial charge on any atom is 0.262 e. The Morgan fingerprint density at radius 1 is 1.22 bits per heavy atom. The SMILES string of the molecule is CC1CCCC(NC(=O)Cn2cnc3sc4c(c3c2=O)CCCCC4)C1C. The number of nitrogens with zero attached hydrogens (tertiary/aromatic N) is 2. The van der Waals surface area contributed by atoms with Crippen molar-refractivity contribution in [3.63, 3.8) is 0 Å². The van der Waals surface area contributed by atoms with Crippen LogP contribution in [0.1, 0.15) is 62.8 Å². The molecule has 0 aromatic carbocycles. The van der Waals surface area contributed by atoms with Crippen LogP contribution in [0.4, 0.5) is 0 Å². The predicted octanol–water partition coefficient (Wildman–Crippen LogP) is 3.67. The third-order valence-corrected chi connectivity index (χ3v) is 7.76. The van der Waals surface area contributed by atoms with Gasteiger partial charge in [0.1, 0.15) is 11.4 Å². The molecule has 0 bridgehead atoms. The monoisotopic (exact) mass is 387 g/mol. The molecule has 27 heavy (non-hydrogen) atoms. The Labute approximate surface area is 164 Å². The van der Waals surface area contributed by atoms with Gasteiger partial charge in [0.15, 0.2) is 0 Å². The van der Waals surface area contributed by atoms with Gasteiger partial charge in [0.25, 0.3) is 5.56 Å². The molecule has 4 rings (SSSR count). The number of nitrogens with one attached hydrogen (secondary N) is 1. The first kappa shape index (κ1) is 18.7. The van der Waals surface area contributed by atoms with Crippen molar-refractivity contribution >= 4 is 27.5 Å². The Bertz CT molecular complexity index is 901. The summed E-state index contributed by atoms with van der Waals surface area (Å²) < 4.78 is 1.49. The zero-order valence-electron chi connectivity index (χ0n) is 16.3. The van der Waals surface area contributed by atoms with Crippen molar-refractivity contribution in [2.24, 2.45) is 11.8 Å². The average molecular weight is 388 g/mol. The highest BCUT2D eigenvalue weighted by molar-refractivity contribution is 7.18. The molecule has 2 aromatic rings. The number of hydrogen-bond acceptors (Lipinski definition) is 4. The molecule has 3 atom stereocenters. The van der Waals surface area contributed by atoms with Gasteiger partial charge in [0, 0.05) is 10.9 Å². The van der Waals surface area contributed by atoms with Crippen LogP contribution in [-0.4, -0.2) is 21.5 Å². The summed E-state index contributed by atoms with van der Waals surface area (Å²) in [4.78, 5) is 32.3. The van der Waals surface area contributed by atoms with E-state index in [0.29, 0.717) is 11.8 Å². The number of thiophene rings is 1. The number of fused-ring (bicyclic) bond motifs is 3. The van der Waals surface area contributed by atoms with E-state index >= 15 is 0 Å². The molecular formula is C21H29N3O2S. The Kier molecular flexibility index (Phi) is 5.35. The summed E-state index contributed by atoms with van der Waals surface area (Å²) >= 11 is 1.66. The molecule has 0 spiro atoms. The molecule has 3 unspecified atom stereocenters. The largest absolute Gasteiger partial charge is 0.352 e. The Morgan fingerprint density at radius 2 is 2.04 bits per heavy atom. The van der Waals surface area contributed by atoms with Crippen molar-refractivity contribution < 1.29 is 4.79 Å². The molecule has 1 saturated carbocycles. The van der Waals surface area contributed by atoms with E-state index < -0.39 is 0 Å². The summed E-state index contributed by atoms with van der Waals surface area (Å²) in [5.74, 6) is 1.03. The minimum Gasteiger partial charge on any atom is -0.352 e. The lowest BCUT2D eigenvalue weighted by Gasteiger charge is -2.34. The van der Waals surface area contributed by atoms with Gasteiger partial charge in [-0.05, 0) is 49.5 Å². The van der Waals surface area contributed by atoms with E-state index in [1.807, 2.05) is 0 Å². The number of rotatable bonds is 3. The Morgan fingerprint density at radius 3 is 2.89 bits per heavy atom. The van der Waals surface area contributed by atoms with Gasteiger partial charge >= 0.3 is 0 Å². The highest BCUT2D eigenvalue weighted by Gasteiger charge is 2.28. The normalized spacial score (nSPS) is 25.8. The van der Waals surface area contributed by atoms with Crippen LogP contribution in [0.5, 0.6) is 0 Å². The standard InChI is InChI=1S/C21H29N3O2S/c1-13-7-6-9-16(14(13)2)23-18(25)11-24-12-22-20-19(21(24)26)15-8-4-3-5-10-17(15)27-20/h12-14,16H,3-11H2,1-2H3,(H,23,25). The molecule has 1 fully saturated rings. The number of carbonyl (C=O) groups is 1. The second-order valence-electron chi connectivity index (χ2n) is 8.36. The van der Waals surface area contributed by atoms with Crippen molar-refractivity contribution in [3.05, 3.63) is 27.1 Å². The molecule has 2 heterocycles. The smallest absolute Gasteiger partial charge is 0.262 e. The van der Waals surface area contributed by atoms with Gasteiger partial charge in [-0.15, -0.1) is 11.3 Å². The minimum atomic E-state index is -0.0782. The van der Waals surface area contributed by atoms with E-state index in [9.17, 15) is 9.59 Å². The van der Waals surface area contributed by atoms with E-state index in [2.05, 4.69) is 24.1 Å². The molecule has 0 saturated heterocycles. The second kappa shape index (κ2) is 7.74. The highest BCUT2D eigenvalue weighted by Crippen LogP contribution is 2.33. The zero-order chi connectivity index (χ0) is 19.0. The molecule has 0 radical (unpaired) electrons. The van der Waals surface area contributed by atoms with Gasteiger partial charge in [-0.1, -0.05) is 33.1 Å². The summed E-state index contributed by atoms with van der Waals surface area (Å²) in [7, 11) is 0. The number of hydrogen-bond donors (Lipinski definition) is 1. The van der Waals surface area contributed by atoms with Crippen LogP contribution in [0.25, 0.3) is 10.2 Å². The van der Waals surface area contributed by atoms with Crippen LogP contribution < -0.4 is 10.9 Å². The third kappa shape index (κ3) is 3.68. The van der Waals surface area contributed by atoms with Gasteiger partial charge in [-0.3, -0.25) is 14.2 Å². The molecule has 2 aliphatic rings. The second-order valence-corrected chi connectivity index (χ2v) is 9.45. The topological polar surface area (TPSA) is 64.0 Å². The molecule has 146 valence electrons. The lowest BCUT2D eigenvalue weighted by atomic mass is 9.78. The fraction of sp³-hybridized carbons (Fsp3) is 0.667. The van der Waals surface area contributed by atoms with E-state index in [1.165, 1.54) is 34.3 Å². The minimum absolute atomic E-state index is 0.0559. The molecule has 2 aliphatic carbocycles. The van der Waals surface area contributed by atoms with Crippen LogP contribution >= 0.6 is 11.3 Å². The molecule has 5 nitrogen and oxygen atoms in total. The summed E-state index contributed by atoms with van der Waals surface area (Å²) in [6, 6.07) is 0.214. The van der Waals surface area contributed by atoms with Crippen LogP contribution in [0.2, 0.25) is 0 Å². The van der Waals surface area contributed by atoms with Crippen LogP contribution in [0, 0.1) is 11.8 Å². The van der Waals surface area contributed by atoms with Crippen molar-refractivity contribution in [1.29, 1.82) is 0 Å². The summed E-state index contributed by atoms with van der Waals surface area (Å²) in [6.07, 6.45) is 10.5. The molecular weight excluding hydrogens is 358 g/mol. The first-order chi connectivity index (χ1) is 13.0. The van der Waals surface area contributed by atoms with Crippen molar-refractivity contribution in [2.45, 2.75) is 77.8 Å². The first-order valence-corrected chi connectivity index (χ1v) is 11.2. The average Bonchev–Trinajstić information content (AvgIpc) is 2.84. The van der Waals surface area contributed by atoms with Gasteiger partial charge in [-0.25, -0.2) is 4.98 Å². The Hall–Kier alpha value is -1.69. The van der Waals surface area contributed by atoms with E-state index in [4.69, 9.17) is 0 Å². The van der Waals surface area contributed by atoms with E-state index in [1.54, 1.807) is 17.7 Å². The van der Waals surface area contributed by atoms with Gasteiger partial charge in [0.05, 0.1) is 11.7 Å². The number of amides is 1.